The average molecular weight is 207 g/mol. The van der Waals surface area contributed by atoms with Crippen LogP contribution in [0.3, 0.4) is 0 Å². The molecule has 0 N–H and O–H groups in total. The van der Waals surface area contributed by atoms with Crippen molar-refractivity contribution in [2.24, 2.45) is 0 Å². The van der Waals surface area contributed by atoms with Gasteiger partial charge < -0.3 is 4.74 Å². The predicted molar refractivity (Wildman–Crippen MR) is 63.4 cm³/mol. The van der Waals surface area contributed by atoms with Gasteiger partial charge in [-0.15, -0.1) is 0 Å². The Balaban J connectivity index is 2.03. The second-order valence-corrected chi connectivity index (χ2v) is 3.43. The molecule has 0 bridgehead atoms. The van der Waals surface area contributed by atoms with Crippen molar-refractivity contribution < 1.29 is 4.74 Å². The molecule has 16 heavy (non-hydrogen) atoms. The summed E-state index contributed by atoms with van der Waals surface area (Å²) in [5.74, 6) is 3.10. The number of ether oxygens (including phenoxy) is 1. The van der Waals surface area contributed by atoms with Crippen molar-refractivity contribution >= 4 is 0 Å². The molecule has 0 unspecified atom stereocenters. The summed E-state index contributed by atoms with van der Waals surface area (Å²) in [6, 6.07) is 17.4. The van der Waals surface area contributed by atoms with Gasteiger partial charge in [0, 0.05) is 5.56 Å². The molecule has 1 heteroatoms. The minimum Gasteiger partial charge on any atom is -0.489 e. The van der Waals surface area contributed by atoms with Gasteiger partial charge in [-0.3, -0.25) is 0 Å². The van der Waals surface area contributed by atoms with E-state index in [1.54, 1.807) is 6.07 Å². The topological polar surface area (TPSA) is 9.23 Å². The molecule has 0 spiro atoms. The molecule has 0 atom stereocenters. The van der Waals surface area contributed by atoms with Crippen LogP contribution in [0.1, 0.15) is 11.1 Å². The molecule has 2 rings (SSSR count). The van der Waals surface area contributed by atoms with E-state index in [2.05, 4.69) is 5.92 Å². The molecule has 1 nitrogen and oxygen atoms in total. The number of hydrogen-bond donors (Lipinski definition) is 0. The van der Waals surface area contributed by atoms with Gasteiger partial charge >= 0.3 is 0 Å². The van der Waals surface area contributed by atoms with Crippen LogP contribution in [-0.4, -0.2) is 0 Å². The Bertz CT molecular complexity index is 494. The number of rotatable bonds is 3. The first-order valence-corrected chi connectivity index (χ1v) is 5.08. The van der Waals surface area contributed by atoms with Crippen LogP contribution >= 0.6 is 0 Å². The molecule has 0 saturated carbocycles. The van der Waals surface area contributed by atoms with E-state index in [-0.39, 0.29) is 0 Å². The zero-order chi connectivity index (χ0) is 11.2. The average Bonchev–Trinajstić information content (AvgIpc) is 2.38. The Labute approximate surface area is 95.7 Å². The van der Waals surface area contributed by atoms with Crippen molar-refractivity contribution in [1.29, 1.82) is 0 Å². The van der Waals surface area contributed by atoms with Crippen molar-refractivity contribution in [3.8, 4) is 11.7 Å². The Morgan fingerprint density at radius 3 is 2.56 bits per heavy atom. The zero-order valence-electron chi connectivity index (χ0n) is 8.81. The highest BCUT2D eigenvalue weighted by Gasteiger charge is 1.96. The van der Waals surface area contributed by atoms with Gasteiger partial charge in [0.1, 0.15) is 12.4 Å². The van der Waals surface area contributed by atoms with E-state index in [1.165, 1.54) is 0 Å². The highest BCUT2D eigenvalue weighted by Crippen LogP contribution is 2.14. The third kappa shape index (κ3) is 2.65. The molecule has 0 aliphatic carbocycles. The van der Waals surface area contributed by atoms with Gasteiger partial charge in [-0.2, -0.15) is 0 Å². The van der Waals surface area contributed by atoms with Crippen LogP contribution in [0, 0.1) is 12.3 Å². The fourth-order valence-electron chi connectivity index (χ4n) is 1.40. The van der Waals surface area contributed by atoms with Crippen LogP contribution in [0.25, 0.3) is 0 Å². The maximum Gasteiger partial charge on any atom is 0.121 e. The fourth-order valence-corrected chi connectivity index (χ4v) is 1.40. The molecule has 2 aromatic carbocycles. The molecule has 0 amide bonds. The second-order valence-electron chi connectivity index (χ2n) is 3.43. The summed E-state index contributed by atoms with van der Waals surface area (Å²) in [6.45, 7) is 0.544. The lowest BCUT2D eigenvalue weighted by molar-refractivity contribution is 0.306. The summed E-state index contributed by atoms with van der Waals surface area (Å²) in [7, 11) is 0. The summed E-state index contributed by atoms with van der Waals surface area (Å²) in [4.78, 5) is 0. The minimum atomic E-state index is 0.544. The third-order valence-corrected chi connectivity index (χ3v) is 2.23. The van der Waals surface area contributed by atoms with E-state index in [0.29, 0.717) is 6.61 Å². The Morgan fingerprint density at radius 2 is 1.81 bits per heavy atom. The van der Waals surface area contributed by atoms with Crippen LogP contribution in [0.15, 0.2) is 54.6 Å². The van der Waals surface area contributed by atoms with Gasteiger partial charge in [-0.05, 0) is 30.2 Å². The van der Waals surface area contributed by atoms with Gasteiger partial charge in [0.25, 0.3) is 0 Å². The van der Waals surface area contributed by atoms with Crippen LogP contribution in [0.5, 0.6) is 5.75 Å². The van der Waals surface area contributed by atoms with Crippen LogP contribution in [0.4, 0.5) is 0 Å². The van der Waals surface area contributed by atoms with Gasteiger partial charge in [0.2, 0.25) is 0 Å². The van der Waals surface area contributed by atoms with Crippen LogP contribution in [-0.2, 0) is 6.61 Å². The maximum absolute atomic E-state index is 7.03. The first-order valence-electron chi connectivity index (χ1n) is 5.08. The van der Waals surface area contributed by atoms with Crippen molar-refractivity contribution in [2.75, 3.05) is 0 Å². The predicted octanol–water partition coefficient (Wildman–Crippen LogP) is 3.20. The molecule has 0 saturated heterocycles. The lowest BCUT2D eigenvalue weighted by Crippen LogP contribution is -1.94. The molecule has 0 heterocycles. The zero-order valence-corrected chi connectivity index (χ0v) is 8.81. The summed E-state index contributed by atoms with van der Waals surface area (Å²) >= 11 is 0. The van der Waals surface area contributed by atoms with Crippen molar-refractivity contribution in [3.05, 3.63) is 72.1 Å². The van der Waals surface area contributed by atoms with Gasteiger partial charge in [-0.25, -0.2) is 0 Å². The van der Waals surface area contributed by atoms with E-state index >= 15 is 0 Å². The Morgan fingerprint density at radius 1 is 1.00 bits per heavy atom. The van der Waals surface area contributed by atoms with E-state index in [9.17, 15) is 0 Å². The molecule has 0 aliphatic rings. The fraction of sp³-hybridized carbons (Fsp3) is 0.0667. The Kier molecular flexibility index (Phi) is 3.25. The second kappa shape index (κ2) is 5.04. The minimum absolute atomic E-state index is 0.544. The van der Waals surface area contributed by atoms with Crippen LogP contribution < -0.4 is 4.74 Å². The smallest absolute Gasteiger partial charge is 0.121 e. The molecule has 0 fully saturated rings. The normalized spacial score (nSPS) is 9.44. The molecule has 77 valence electrons. The summed E-state index contributed by atoms with van der Waals surface area (Å²) in [5, 5.41) is 0. The quantitative estimate of drug-likeness (QED) is 0.702. The van der Waals surface area contributed by atoms with E-state index < -0.39 is 0 Å². The number of benzene rings is 2. The van der Waals surface area contributed by atoms with E-state index in [0.717, 1.165) is 16.9 Å². The Hall–Kier alpha value is -2.20. The summed E-state index contributed by atoms with van der Waals surface area (Å²) < 4.78 is 5.61. The van der Waals surface area contributed by atoms with E-state index in [4.69, 9.17) is 11.2 Å². The lowest BCUT2D eigenvalue weighted by atomic mass is 10.2. The highest BCUT2D eigenvalue weighted by atomic mass is 16.5. The first-order chi connectivity index (χ1) is 7.88. The highest BCUT2D eigenvalue weighted by molar-refractivity contribution is 5.37. The van der Waals surface area contributed by atoms with Crippen molar-refractivity contribution in [1.82, 2.24) is 0 Å². The largest absolute Gasteiger partial charge is 0.489 e. The first kappa shape index (κ1) is 10.3. The third-order valence-electron chi connectivity index (χ3n) is 2.23. The number of hydrogen-bond acceptors (Lipinski definition) is 1. The molecule has 0 aromatic heterocycles. The molecular weight excluding hydrogens is 196 g/mol. The maximum atomic E-state index is 7.03. The van der Waals surface area contributed by atoms with Gasteiger partial charge in [0.05, 0.1) is 0 Å². The van der Waals surface area contributed by atoms with E-state index in [1.807, 2.05) is 48.5 Å². The van der Waals surface area contributed by atoms with Crippen LogP contribution in [0.2, 0.25) is 0 Å². The monoisotopic (exact) mass is 207 g/mol. The molecule has 2 aromatic rings. The summed E-state index contributed by atoms with van der Waals surface area (Å²) in [6.07, 6.45) is 7.03. The standard InChI is InChI=1S/C15H11O/c1-2-13-9-6-10-15(11-13)16-12-14-7-4-3-5-8-14/h3-11H,12H2. The summed E-state index contributed by atoms with van der Waals surface area (Å²) in [5.41, 5.74) is 1.86. The van der Waals surface area contributed by atoms with Gasteiger partial charge in [0.15, 0.2) is 0 Å². The molecule has 0 aliphatic heterocycles. The molecular formula is C15H11O. The van der Waals surface area contributed by atoms with Crippen molar-refractivity contribution in [2.45, 2.75) is 6.61 Å². The lowest BCUT2D eigenvalue weighted by Gasteiger charge is -2.06. The SMILES string of the molecule is [C]#Cc1cccc(OCc2ccccc2)c1. The molecule has 1 radical (unpaired) electrons. The van der Waals surface area contributed by atoms with Crippen molar-refractivity contribution in [3.63, 3.8) is 0 Å². The van der Waals surface area contributed by atoms with Gasteiger partial charge in [-0.1, -0.05) is 42.3 Å².